The van der Waals surface area contributed by atoms with Gasteiger partial charge in [0.25, 0.3) is 0 Å². The van der Waals surface area contributed by atoms with E-state index in [1.165, 1.54) is 0 Å². The number of carbonyl (C=O) groups excluding carboxylic acids is 3. The highest BCUT2D eigenvalue weighted by Crippen LogP contribution is 2.36. The lowest BCUT2D eigenvalue weighted by molar-refractivity contribution is 0.0990. The Hall–Kier alpha value is -3.83. The van der Waals surface area contributed by atoms with Crippen LogP contribution in [-0.4, -0.2) is 53.6 Å². The van der Waals surface area contributed by atoms with E-state index in [2.05, 4.69) is 30.6 Å². The predicted octanol–water partition coefficient (Wildman–Crippen LogP) is 0.719. The summed E-state index contributed by atoms with van der Waals surface area (Å²) in [6.07, 6.45) is 2.43. The van der Waals surface area contributed by atoms with Crippen LogP contribution in [0.3, 0.4) is 0 Å². The molecule has 34 heavy (non-hydrogen) atoms. The van der Waals surface area contributed by atoms with E-state index in [4.69, 9.17) is 15.2 Å². The summed E-state index contributed by atoms with van der Waals surface area (Å²) in [5.41, 5.74) is 7.13. The third-order valence-corrected chi connectivity index (χ3v) is 6.76. The van der Waals surface area contributed by atoms with Gasteiger partial charge in [-0.05, 0) is 44.3 Å². The number of fused-ring (bicyclic) bond motifs is 5. The highest BCUT2D eigenvalue weighted by atomic mass is 16.7. The van der Waals surface area contributed by atoms with Gasteiger partial charge in [-0.15, -0.1) is 0 Å². The molecule has 0 saturated heterocycles. The molecule has 4 aliphatic rings. The fourth-order valence-corrected chi connectivity index (χ4v) is 5.14. The van der Waals surface area contributed by atoms with Crippen molar-refractivity contribution in [1.29, 1.82) is 0 Å². The largest absolute Gasteiger partial charge is 0.454 e. The van der Waals surface area contributed by atoms with E-state index in [-0.39, 0.29) is 29.6 Å². The van der Waals surface area contributed by atoms with E-state index < -0.39 is 0 Å². The molecule has 0 fully saturated rings. The Kier molecular flexibility index (Phi) is 5.50. The lowest BCUT2D eigenvalue weighted by Gasteiger charge is -2.20. The van der Waals surface area contributed by atoms with Crippen LogP contribution in [-0.2, 0) is 16.1 Å². The maximum absolute atomic E-state index is 13.2. The van der Waals surface area contributed by atoms with Crippen molar-refractivity contribution in [2.45, 2.75) is 33.2 Å². The van der Waals surface area contributed by atoms with Crippen LogP contribution >= 0.6 is 0 Å². The maximum Gasteiger partial charge on any atom is 0.231 e. The van der Waals surface area contributed by atoms with Gasteiger partial charge in [0.15, 0.2) is 23.2 Å². The fourth-order valence-electron chi connectivity index (χ4n) is 5.14. The third kappa shape index (κ3) is 3.24. The highest BCUT2D eigenvalue weighted by molar-refractivity contribution is 6.05. The summed E-state index contributed by atoms with van der Waals surface area (Å²) in [5.74, 6) is 4.95. The average molecular weight is 460 g/mol. The van der Waals surface area contributed by atoms with Crippen molar-refractivity contribution in [2.75, 3.05) is 26.4 Å². The SMILES string of the molecule is CCN(CC)CCCn1c(=C=O)c2c(c3c(=C=O)c4cc5c(cc4c1=3)OCO5)C(=O)CC(N)=C2. The number of nitrogens with zero attached hydrogens (tertiary/aromatic N) is 2. The van der Waals surface area contributed by atoms with Gasteiger partial charge in [0.1, 0.15) is 11.3 Å². The molecule has 8 heteroatoms. The second-order valence-electron chi connectivity index (χ2n) is 8.54. The number of Topliss-reactive ketones (excluding diaryl/α,β-unsaturated/α-hetero) is 1. The van der Waals surface area contributed by atoms with Crippen LogP contribution in [0.4, 0.5) is 0 Å². The molecule has 2 heterocycles. The monoisotopic (exact) mass is 459 g/mol. The molecule has 0 unspecified atom stereocenters. The Morgan fingerprint density at radius 3 is 2.44 bits per heavy atom. The van der Waals surface area contributed by atoms with Crippen LogP contribution in [0.15, 0.2) is 17.8 Å². The van der Waals surface area contributed by atoms with Crippen molar-refractivity contribution >= 4 is 34.5 Å². The minimum Gasteiger partial charge on any atom is -0.454 e. The Bertz CT molecular complexity index is 1600. The summed E-state index contributed by atoms with van der Waals surface area (Å²) in [6.45, 7) is 7.50. The van der Waals surface area contributed by atoms with Crippen molar-refractivity contribution in [1.82, 2.24) is 9.47 Å². The minimum absolute atomic E-state index is 0.0227. The van der Waals surface area contributed by atoms with E-state index >= 15 is 0 Å². The number of ether oxygens (including phenoxy) is 2. The molecule has 0 saturated carbocycles. The molecule has 1 aromatic rings. The number of hydrogen-bond acceptors (Lipinski definition) is 7. The second-order valence-corrected chi connectivity index (χ2v) is 8.54. The average Bonchev–Trinajstić information content (AvgIpc) is 3.41. The van der Waals surface area contributed by atoms with Crippen LogP contribution in [0, 0.1) is 10.6 Å². The molecule has 2 N–H and O–H groups in total. The normalized spacial score (nSPS) is 14.4. The van der Waals surface area contributed by atoms with Crippen molar-refractivity contribution in [3.05, 3.63) is 50.1 Å². The van der Waals surface area contributed by atoms with E-state index in [1.807, 2.05) is 4.57 Å². The van der Waals surface area contributed by atoms with Gasteiger partial charge in [-0.2, -0.15) is 0 Å². The molecule has 2 aliphatic heterocycles. The van der Waals surface area contributed by atoms with E-state index in [9.17, 15) is 14.4 Å². The first-order valence-corrected chi connectivity index (χ1v) is 11.5. The molecular formula is C26H25N3O5. The van der Waals surface area contributed by atoms with Gasteiger partial charge in [0.05, 0.1) is 17.0 Å². The van der Waals surface area contributed by atoms with Gasteiger partial charge in [-0.3, -0.25) is 4.79 Å². The van der Waals surface area contributed by atoms with Gasteiger partial charge >= 0.3 is 0 Å². The molecule has 0 amide bonds. The van der Waals surface area contributed by atoms with Gasteiger partial charge < -0.3 is 24.7 Å². The molecule has 174 valence electrons. The van der Waals surface area contributed by atoms with Crippen molar-refractivity contribution in [3.8, 4) is 11.5 Å². The number of carbonyl (C=O) groups is 1. The summed E-state index contributed by atoms with van der Waals surface area (Å²) in [6, 6.07) is 3.55. The summed E-state index contributed by atoms with van der Waals surface area (Å²) >= 11 is 0. The molecule has 1 aromatic carbocycles. The summed E-state index contributed by atoms with van der Waals surface area (Å²) in [7, 11) is 0. The van der Waals surface area contributed by atoms with Crippen LogP contribution in [0.1, 0.15) is 42.6 Å². The quantitative estimate of drug-likeness (QED) is 0.579. The molecular weight excluding hydrogens is 434 g/mol. The topological polar surface area (TPSA) is 104 Å². The predicted molar refractivity (Wildman–Crippen MR) is 126 cm³/mol. The zero-order chi connectivity index (χ0) is 24.0. The molecule has 0 bridgehead atoms. The van der Waals surface area contributed by atoms with Crippen molar-refractivity contribution in [2.24, 2.45) is 5.73 Å². The Balaban J connectivity index is 1.93. The first kappa shape index (κ1) is 22.0. The molecule has 0 spiro atoms. The molecule has 0 aromatic heterocycles. The van der Waals surface area contributed by atoms with Gasteiger partial charge in [0, 0.05) is 39.4 Å². The molecule has 0 radical (unpaired) electrons. The number of nitrogens with two attached hydrogens (primary N) is 1. The first-order chi connectivity index (χ1) is 16.5. The fraction of sp³-hybridized carbons (Fsp3) is 0.346. The number of benzene rings is 1. The van der Waals surface area contributed by atoms with E-state index in [0.29, 0.717) is 56.2 Å². The first-order valence-electron chi connectivity index (χ1n) is 11.5. The van der Waals surface area contributed by atoms with Crippen molar-refractivity contribution in [3.63, 3.8) is 0 Å². The van der Waals surface area contributed by atoms with Crippen LogP contribution in [0.5, 0.6) is 11.5 Å². The number of rotatable bonds is 6. The Morgan fingerprint density at radius 1 is 1.09 bits per heavy atom. The molecule has 5 rings (SSSR count). The van der Waals surface area contributed by atoms with Crippen LogP contribution in [0.25, 0.3) is 16.8 Å². The number of hydrogen-bond donors (Lipinski definition) is 1. The Morgan fingerprint density at radius 2 is 1.79 bits per heavy atom. The van der Waals surface area contributed by atoms with E-state index in [1.54, 1.807) is 18.2 Å². The Labute approximate surface area is 195 Å². The number of allylic oxidation sites excluding steroid dienone is 1. The van der Waals surface area contributed by atoms with Gasteiger partial charge in [0.2, 0.25) is 6.79 Å². The molecule has 8 nitrogen and oxygen atoms in total. The highest BCUT2D eigenvalue weighted by Gasteiger charge is 2.27. The number of aromatic nitrogens is 1. The van der Waals surface area contributed by atoms with Gasteiger partial charge in [-0.1, -0.05) is 13.8 Å². The zero-order valence-corrected chi connectivity index (χ0v) is 19.2. The molecule has 2 aliphatic carbocycles. The summed E-state index contributed by atoms with van der Waals surface area (Å²) < 4.78 is 13.0. The van der Waals surface area contributed by atoms with Gasteiger partial charge in [-0.25, -0.2) is 9.59 Å². The third-order valence-electron chi connectivity index (χ3n) is 6.76. The second kappa shape index (κ2) is 8.50. The number of ketones is 1. The van der Waals surface area contributed by atoms with Crippen LogP contribution in [0.2, 0.25) is 0 Å². The molecule has 0 atom stereocenters. The summed E-state index contributed by atoms with van der Waals surface area (Å²) in [5, 5.41) is 2.95. The van der Waals surface area contributed by atoms with E-state index in [0.717, 1.165) is 26.1 Å². The standard InChI is InChI=1S/C26H25N3O5/c1-3-28(4-2)6-5-7-29-20(13-31)18-8-15(27)9-21(32)24(18)25-19(12-30)16-10-22-23(34-14-33-22)11-17(16)26(25)29/h8,10-11H,3-7,9,14,27H2,1-2H3. The zero-order valence-electron chi connectivity index (χ0n) is 19.2. The minimum atomic E-state index is -0.237. The van der Waals surface area contributed by atoms with Crippen molar-refractivity contribution < 1.29 is 23.9 Å². The maximum atomic E-state index is 13.2. The lowest BCUT2D eigenvalue weighted by Crippen LogP contribution is -2.33. The van der Waals surface area contributed by atoms with Crippen LogP contribution < -0.4 is 25.8 Å². The summed E-state index contributed by atoms with van der Waals surface area (Å²) in [4.78, 5) is 40.0. The smallest absolute Gasteiger partial charge is 0.231 e. The lowest BCUT2D eigenvalue weighted by atomic mass is 9.92.